The first-order valence-corrected chi connectivity index (χ1v) is 7.66. The van der Waals surface area contributed by atoms with Crippen LogP contribution in [0.25, 0.3) is 11.5 Å². The van der Waals surface area contributed by atoms with Crippen molar-refractivity contribution in [3.8, 4) is 11.5 Å². The van der Waals surface area contributed by atoms with Gasteiger partial charge in [0.25, 0.3) is 0 Å². The molecule has 3 aromatic heterocycles. The minimum absolute atomic E-state index is 0.0848. The zero-order valence-corrected chi connectivity index (χ0v) is 12.5. The van der Waals surface area contributed by atoms with E-state index in [1.54, 1.807) is 29.9 Å². The van der Waals surface area contributed by atoms with Crippen LogP contribution < -0.4 is 5.32 Å². The Hall–Kier alpha value is -2.61. The largest absolute Gasteiger partial charge is 0.355 e. The number of rotatable bonds is 6. The molecule has 0 atom stereocenters. The SMILES string of the molecule is O=C(Cc1nc(-c2cnccn2)n[nH]1)NCCc1cccs1. The molecule has 0 aliphatic carbocycles. The number of nitrogens with one attached hydrogen (secondary N) is 2. The highest BCUT2D eigenvalue weighted by atomic mass is 32.1. The van der Waals surface area contributed by atoms with Crippen molar-refractivity contribution in [2.24, 2.45) is 0 Å². The third kappa shape index (κ3) is 3.73. The van der Waals surface area contributed by atoms with Crippen molar-refractivity contribution in [1.29, 1.82) is 0 Å². The topological polar surface area (TPSA) is 96.4 Å². The van der Waals surface area contributed by atoms with E-state index in [2.05, 4.69) is 36.5 Å². The second-order valence-corrected chi connectivity index (χ2v) is 5.58. The molecule has 0 unspecified atom stereocenters. The molecular weight excluding hydrogens is 300 g/mol. The van der Waals surface area contributed by atoms with Gasteiger partial charge in [0, 0.05) is 23.8 Å². The highest BCUT2D eigenvalue weighted by molar-refractivity contribution is 7.09. The summed E-state index contributed by atoms with van der Waals surface area (Å²) in [5, 5.41) is 11.7. The van der Waals surface area contributed by atoms with Gasteiger partial charge in [0.2, 0.25) is 11.7 Å². The van der Waals surface area contributed by atoms with Crippen LogP contribution in [0.15, 0.2) is 36.1 Å². The summed E-state index contributed by atoms with van der Waals surface area (Å²) in [5.41, 5.74) is 0.572. The molecule has 1 amide bonds. The van der Waals surface area contributed by atoms with Gasteiger partial charge in [-0.25, -0.2) is 9.97 Å². The second-order valence-electron chi connectivity index (χ2n) is 4.55. The lowest BCUT2D eigenvalue weighted by Gasteiger charge is -2.02. The molecule has 22 heavy (non-hydrogen) atoms. The number of hydrogen-bond donors (Lipinski definition) is 2. The van der Waals surface area contributed by atoms with Gasteiger partial charge in [-0.2, -0.15) is 5.10 Å². The Morgan fingerprint density at radius 2 is 2.32 bits per heavy atom. The van der Waals surface area contributed by atoms with E-state index in [1.807, 2.05) is 11.4 Å². The van der Waals surface area contributed by atoms with E-state index in [9.17, 15) is 4.79 Å². The molecule has 0 radical (unpaired) electrons. The van der Waals surface area contributed by atoms with Gasteiger partial charge < -0.3 is 5.32 Å². The maximum Gasteiger partial charge on any atom is 0.227 e. The Morgan fingerprint density at radius 1 is 1.36 bits per heavy atom. The molecule has 3 rings (SSSR count). The lowest BCUT2D eigenvalue weighted by molar-refractivity contribution is -0.120. The van der Waals surface area contributed by atoms with E-state index in [4.69, 9.17) is 0 Å². The highest BCUT2D eigenvalue weighted by Gasteiger charge is 2.10. The molecule has 0 fully saturated rings. The molecule has 0 bridgehead atoms. The van der Waals surface area contributed by atoms with Crippen LogP contribution in [-0.2, 0) is 17.6 Å². The van der Waals surface area contributed by atoms with Crippen LogP contribution in [0.3, 0.4) is 0 Å². The Labute approximate surface area is 130 Å². The van der Waals surface area contributed by atoms with Crippen molar-refractivity contribution in [2.45, 2.75) is 12.8 Å². The summed E-state index contributed by atoms with van der Waals surface area (Å²) in [5.74, 6) is 0.863. The summed E-state index contributed by atoms with van der Waals surface area (Å²) in [4.78, 5) is 25.4. The van der Waals surface area contributed by atoms with Crippen molar-refractivity contribution in [2.75, 3.05) is 6.54 Å². The maximum absolute atomic E-state index is 11.9. The molecule has 0 spiro atoms. The minimum Gasteiger partial charge on any atom is -0.355 e. The molecule has 0 aliphatic rings. The lowest BCUT2D eigenvalue weighted by Crippen LogP contribution is -2.27. The molecule has 8 heteroatoms. The Bertz CT molecular complexity index is 725. The van der Waals surface area contributed by atoms with Gasteiger partial charge in [0.05, 0.1) is 12.6 Å². The number of nitrogens with zero attached hydrogens (tertiary/aromatic N) is 4. The van der Waals surface area contributed by atoms with Gasteiger partial charge in [-0.3, -0.25) is 14.9 Å². The lowest BCUT2D eigenvalue weighted by atomic mass is 10.3. The van der Waals surface area contributed by atoms with E-state index in [1.165, 1.54) is 4.88 Å². The van der Waals surface area contributed by atoms with Gasteiger partial charge in [-0.15, -0.1) is 11.3 Å². The molecule has 0 aromatic carbocycles. The van der Waals surface area contributed by atoms with E-state index in [0.717, 1.165) is 6.42 Å². The number of carbonyl (C=O) groups is 1. The summed E-state index contributed by atoms with van der Waals surface area (Å²) >= 11 is 1.69. The predicted molar refractivity (Wildman–Crippen MR) is 82.1 cm³/mol. The van der Waals surface area contributed by atoms with E-state index in [0.29, 0.717) is 23.9 Å². The number of carbonyl (C=O) groups excluding carboxylic acids is 1. The van der Waals surface area contributed by atoms with Crippen LogP contribution in [0, 0.1) is 0 Å². The number of amides is 1. The molecule has 7 nitrogen and oxygen atoms in total. The van der Waals surface area contributed by atoms with Crippen LogP contribution >= 0.6 is 11.3 Å². The van der Waals surface area contributed by atoms with Gasteiger partial charge in [0.1, 0.15) is 11.5 Å². The molecule has 2 N–H and O–H groups in total. The molecule has 112 valence electrons. The maximum atomic E-state index is 11.9. The standard InChI is InChI=1S/C14H14N6OS/c21-13(17-4-3-10-2-1-7-22-10)8-12-18-14(20-19-12)11-9-15-5-6-16-11/h1-2,5-7,9H,3-4,8H2,(H,17,21)(H,18,19,20). The summed E-state index contributed by atoms with van der Waals surface area (Å²) in [6.45, 7) is 0.616. The van der Waals surface area contributed by atoms with Gasteiger partial charge in [0.15, 0.2) is 0 Å². The number of aromatic amines is 1. The monoisotopic (exact) mass is 314 g/mol. The van der Waals surface area contributed by atoms with Crippen LogP contribution in [0.4, 0.5) is 0 Å². The summed E-state index contributed by atoms with van der Waals surface area (Å²) in [7, 11) is 0. The average molecular weight is 314 g/mol. The van der Waals surface area contributed by atoms with E-state index < -0.39 is 0 Å². The number of aromatic nitrogens is 5. The Morgan fingerprint density at radius 3 is 3.09 bits per heavy atom. The van der Waals surface area contributed by atoms with Crippen LogP contribution in [0.2, 0.25) is 0 Å². The van der Waals surface area contributed by atoms with Crippen molar-refractivity contribution in [3.05, 3.63) is 46.8 Å². The summed E-state index contributed by atoms with van der Waals surface area (Å²) in [6, 6.07) is 4.06. The number of hydrogen-bond acceptors (Lipinski definition) is 6. The summed E-state index contributed by atoms with van der Waals surface area (Å²) in [6.07, 6.45) is 5.73. The van der Waals surface area contributed by atoms with Gasteiger partial charge in [-0.1, -0.05) is 6.07 Å². The molecule has 3 heterocycles. The normalized spacial score (nSPS) is 10.5. The first-order valence-electron chi connectivity index (χ1n) is 6.78. The third-order valence-electron chi connectivity index (χ3n) is 2.93. The molecule has 0 aliphatic heterocycles. The zero-order chi connectivity index (χ0) is 15.2. The smallest absolute Gasteiger partial charge is 0.227 e. The Kier molecular flexibility index (Phi) is 4.50. The molecule has 0 saturated carbocycles. The summed E-state index contributed by atoms with van der Waals surface area (Å²) < 4.78 is 0. The second kappa shape index (κ2) is 6.90. The fourth-order valence-electron chi connectivity index (χ4n) is 1.90. The van der Waals surface area contributed by atoms with Crippen molar-refractivity contribution in [3.63, 3.8) is 0 Å². The minimum atomic E-state index is -0.0848. The van der Waals surface area contributed by atoms with Gasteiger partial charge in [-0.05, 0) is 17.9 Å². The first kappa shape index (κ1) is 14.3. The quantitative estimate of drug-likeness (QED) is 0.713. The van der Waals surface area contributed by atoms with Crippen molar-refractivity contribution >= 4 is 17.2 Å². The zero-order valence-electron chi connectivity index (χ0n) is 11.7. The fraction of sp³-hybridized carbons (Fsp3) is 0.214. The number of thiophene rings is 1. The molecule has 3 aromatic rings. The first-order chi connectivity index (χ1) is 10.8. The average Bonchev–Trinajstić information content (AvgIpc) is 3.20. The van der Waals surface area contributed by atoms with Crippen molar-refractivity contribution < 1.29 is 4.79 Å². The van der Waals surface area contributed by atoms with Crippen LogP contribution in [0.1, 0.15) is 10.7 Å². The van der Waals surface area contributed by atoms with Crippen LogP contribution in [-0.4, -0.2) is 37.6 Å². The van der Waals surface area contributed by atoms with E-state index in [-0.39, 0.29) is 12.3 Å². The Balaban J connectivity index is 1.50. The van der Waals surface area contributed by atoms with Crippen molar-refractivity contribution in [1.82, 2.24) is 30.5 Å². The number of H-pyrrole nitrogens is 1. The fourth-order valence-corrected chi connectivity index (χ4v) is 2.61. The molecular formula is C14H14N6OS. The highest BCUT2D eigenvalue weighted by Crippen LogP contribution is 2.09. The predicted octanol–water partition coefficient (Wildman–Crippen LogP) is 1.22. The third-order valence-corrected chi connectivity index (χ3v) is 3.86. The van der Waals surface area contributed by atoms with Crippen LogP contribution in [0.5, 0.6) is 0 Å². The molecule has 0 saturated heterocycles. The van der Waals surface area contributed by atoms with E-state index >= 15 is 0 Å². The van der Waals surface area contributed by atoms with Gasteiger partial charge >= 0.3 is 0 Å².